The highest BCUT2D eigenvalue weighted by atomic mass is 35.5. The van der Waals surface area contributed by atoms with Gasteiger partial charge >= 0.3 is 0 Å². The molecule has 2 amide bonds. The van der Waals surface area contributed by atoms with Gasteiger partial charge in [0.15, 0.2) is 6.23 Å². The summed E-state index contributed by atoms with van der Waals surface area (Å²) in [5.41, 5.74) is 1.07. The minimum atomic E-state index is -1.06. The normalized spacial score (nSPS) is 25.3. The van der Waals surface area contributed by atoms with Crippen molar-refractivity contribution in [3.63, 3.8) is 0 Å². The maximum atomic E-state index is 12.0. The maximum absolute atomic E-state index is 12.0. The molecule has 6 nitrogen and oxygen atoms in total. The zero-order valence-electron chi connectivity index (χ0n) is 11.3. The Hall–Kier alpha value is -1.92. The molecule has 2 heterocycles. The predicted molar refractivity (Wildman–Crippen MR) is 77.2 cm³/mol. The molecule has 2 aliphatic heterocycles. The maximum Gasteiger partial charge on any atom is 0.249 e. The highest BCUT2D eigenvalue weighted by molar-refractivity contribution is 6.31. The van der Waals surface area contributed by atoms with Crippen LogP contribution >= 0.6 is 11.6 Å². The van der Waals surface area contributed by atoms with Crippen LogP contribution in [0.25, 0.3) is 0 Å². The molecule has 0 aromatic heterocycles. The standard InChI is InChI=1S/C14H14ClN3O3/c1-7-16-9-4-2-3-8(15)12(9)14(21)18(7)10-5-6-11(19)17-13(10)20/h2-4,10,14,21H,5-6H2,1H3,(H,17,19,20). The SMILES string of the molecule is CC1=Nc2cccc(Cl)c2C(O)N1C1CCC(=O)NC1=O. The first-order chi connectivity index (χ1) is 9.99. The number of halogens is 1. The molecule has 1 fully saturated rings. The van der Waals surface area contributed by atoms with Crippen molar-refractivity contribution in [2.75, 3.05) is 0 Å². The molecule has 2 unspecified atom stereocenters. The minimum absolute atomic E-state index is 0.238. The number of carbonyl (C=O) groups is 2. The highest BCUT2D eigenvalue weighted by Gasteiger charge is 2.39. The van der Waals surface area contributed by atoms with E-state index in [1.807, 2.05) is 0 Å². The fraction of sp³-hybridized carbons (Fsp3) is 0.357. The zero-order valence-corrected chi connectivity index (χ0v) is 12.1. The van der Waals surface area contributed by atoms with Crippen molar-refractivity contribution in [1.82, 2.24) is 10.2 Å². The second-order valence-electron chi connectivity index (χ2n) is 5.08. The second-order valence-corrected chi connectivity index (χ2v) is 5.49. The predicted octanol–water partition coefficient (Wildman–Crippen LogP) is 1.50. The van der Waals surface area contributed by atoms with E-state index in [-0.39, 0.29) is 12.3 Å². The van der Waals surface area contributed by atoms with Crippen LogP contribution in [0.1, 0.15) is 31.6 Å². The van der Waals surface area contributed by atoms with E-state index in [2.05, 4.69) is 10.3 Å². The van der Waals surface area contributed by atoms with Gasteiger partial charge in [-0.15, -0.1) is 0 Å². The van der Waals surface area contributed by atoms with Crippen LogP contribution in [-0.2, 0) is 9.59 Å². The lowest BCUT2D eigenvalue weighted by Gasteiger charge is -2.40. The number of aliphatic hydroxyl groups excluding tert-OH is 1. The van der Waals surface area contributed by atoms with Gasteiger partial charge in [0.05, 0.1) is 10.7 Å². The van der Waals surface area contributed by atoms with Crippen LogP contribution in [0.3, 0.4) is 0 Å². The molecule has 3 rings (SSSR count). The summed E-state index contributed by atoms with van der Waals surface area (Å²) in [6.45, 7) is 1.72. The quantitative estimate of drug-likeness (QED) is 0.770. The van der Waals surface area contributed by atoms with Crippen molar-refractivity contribution in [3.05, 3.63) is 28.8 Å². The summed E-state index contributed by atoms with van der Waals surface area (Å²) < 4.78 is 0. The number of aliphatic hydroxyl groups is 1. The van der Waals surface area contributed by atoms with Crippen molar-refractivity contribution in [2.24, 2.45) is 4.99 Å². The number of amidine groups is 1. The number of hydrogen-bond donors (Lipinski definition) is 2. The monoisotopic (exact) mass is 307 g/mol. The summed E-state index contributed by atoms with van der Waals surface area (Å²) >= 11 is 6.14. The number of carbonyl (C=O) groups excluding carboxylic acids is 2. The molecule has 1 saturated heterocycles. The first-order valence-electron chi connectivity index (χ1n) is 6.63. The Morgan fingerprint density at radius 1 is 1.43 bits per heavy atom. The smallest absolute Gasteiger partial charge is 0.249 e. The molecule has 0 radical (unpaired) electrons. The second kappa shape index (κ2) is 5.13. The first-order valence-corrected chi connectivity index (χ1v) is 7.00. The third-order valence-corrected chi connectivity index (χ3v) is 4.08. The fourth-order valence-corrected chi connectivity index (χ4v) is 3.04. The summed E-state index contributed by atoms with van der Waals surface area (Å²) in [7, 11) is 0. The van der Waals surface area contributed by atoms with Crippen molar-refractivity contribution >= 4 is 34.9 Å². The lowest BCUT2D eigenvalue weighted by atomic mass is 10.0. The van der Waals surface area contributed by atoms with Crippen LogP contribution in [0.5, 0.6) is 0 Å². The third kappa shape index (κ3) is 2.30. The minimum Gasteiger partial charge on any atom is -0.369 e. The van der Waals surface area contributed by atoms with E-state index >= 15 is 0 Å². The van der Waals surface area contributed by atoms with Gasteiger partial charge in [-0.2, -0.15) is 0 Å². The van der Waals surface area contributed by atoms with Gasteiger partial charge in [-0.3, -0.25) is 14.9 Å². The molecule has 0 bridgehead atoms. The van der Waals surface area contributed by atoms with Gasteiger partial charge in [0.25, 0.3) is 0 Å². The molecule has 2 atom stereocenters. The van der Waals surface area contributed by atoms with Gasteiger partial charge in [0.1, 0.15) is 11.9 Å². The Morgan fingerprint density at radius 3 is 2.90 bits per heavy atom. The fourth-order valence-electron chi connectivity index (χ4n) is 2.77. The van der Waals surface area contributed by atoms with E-state index in [4.69, 9.17) is 11.6 Å². The van der Waals surface area contributed by atoms with Crippen LogP contribution in [0, 0.1) is 0 Å². The van der Waals surface area contributed by atoms with E-state index < -0.39 is 18.2 Å². The van der Waals surface area contributed by atoms with E-state index in [9.17, 15) is 14.7 Å². The number of amides is 2. The van der Waals surface area contributed by atoms with E-state index in [1.54, 1.807) is 25.1 Å². The molecule has 1 aromatic carbocycles. The Morgan fingerprint density at radius 2 is 2.19 bits per heavy atom. The van der Waals surface area contributed by atoms with Crippen LogP contribution in [0.4, 0.5) is 5.69 Å². The largest absolute Gasteiger partial charge is 0.369 e. The van der Waals surface area contributed by atoms with Crippen LogP contribution < -0.4 is 5.32 Å². The lowest BCUT2D eigenvalue weighted by molar-refractivity contribution is -0.139. The topological polar surface area (TPSA) is 82.0 Å². The Labute approximate surface area is 126 Å². The summed E-state index contributed by atoms with van der Waals surface area (Å²) in [6, 6.07) is 4.55. The number of nitrogens with zero attached hydrogens (tertiary/aromatic N) is 2. The van der Waals surface area contributed by atoms with Crippen molar-refractivity contribution in [3.8, 4) is 0 Å². The average molecular weight is 308 g/mol. The molecule has 2 aliphatic rings. The van der Waals surface area contributed by atoms with Gasteiger partial charge in [-0.25, -0.2) is 4.99 Å². The zero-order chi connectivity index (χ0) is 15.1. The van der Waals surface area contributed by atoms with Crippen molar-refractivity contribution in [1.29, 1.82) is 0 Å². The Kier molecular flexibility index (Phi) is 3.43. The van der Waals surface area contributed by atoms with Crippen LogP contribution in [0.15, 0.2) is 23.2 Å². The van der Waals surface area contributed by atoms with Gasteiger partial charge in [-0.1, -0.05) is 17.7 Å². The number of fused-ring (bicyclic) bond motifs is 1. The summed E-state index contributed by atoms with van der Waals surface area (Å²) in [5.74, 6) is -0.196. The number of rotatable bonds is 1. The van der Waals surface area contributed by atoms with Gasteiger partial charge in [-0.05, 0) is 25.5 Å². The molecule has 0 spiro atoms. The Bertz CT molecular complexity index is 659. The summed E-state index contributed by atoms with van der Waals surface area (Å²) in [6.07, 6.45) is -0.480. The highest BCUT2D eigenvalue weighted by Crippen LogP contribution is 2.39. The summed E-state index contributed by atoms with van der Waals surface area (Å²) in [5, 5.41) is 13.3. The molecule has 1 aromatic rings. The van der Waals surface area contributed by atoms with E-state index in [0.717, 1.165) is 0 Å². The average Bonchev–Trinajstić information content (AvgIpc) is 2.40. The number of aliphatic imine (C=N–C) groups is 1. The first kappa shape index (κ1) is 14.0. The number of piperidine rings is 1. The Balaban J connectivity index is 2.00. The van der Waals surface area contributed by atoms with Crippen molar-refractivity contribution < 1.29 is 14.7 Å². The van der Waals surface area contributed by atoms with Crippen molar-refractivity contribution in [2.45, 2.75) is 32.0 Å². The number of imide groups is 1. The van der Waals surface area contributed by atoms with E-state index in [1.165, 1.54) is 4.90 Å². The molecule has 110 valence electrons. The number of hydrogen-bond acceptors (Lipinski definition) is 5. The van der Waals surface area contributed by atoms with Gasteiger partial charge < -0.3 is 10.0 Å². The van der Waals surface area contributed by atoms with E-state index in [0.29, 0.717) is 28.5 Å². The number of nitrogens with one attached hydrogen (secondary N) is 1. The van der Waals surface area contributed by atoms with Gasteiger partial charge in [0.2, 0.25) is 11.8 Å². The van der Waals surface area contributed by atoms with Crippen LogP contribution in [0.2, 0.25) is 5.02 Å². The molecule has 7 heteroatoms. The van der Waals surface area contributed by atoms with Crippen LogP contribution in [-0.4, -0.2) is 33.7 Å². The molecule has 21 heavy (non-hydrogen) atoms. The molecule has 2 N–H and O–H groups in total. The number of benzene rings is 1. The third-order valence-electron chi connectivity index (χ3n) is 3.75. The molecule has 0 saturated carbocycles. The molecule has 0 aliphatic carbocycles. The lowest BCUT2D eigenvalue weighted by Crippen LogP contribution is -2.55. The summed E-state index contributed by atoms with van der Waals surface area (Å²) in [4.78, 5) is 29.2. The van der Waals surface area contributed by atoms with Gasteiger partial charge in [0, 0.05) is 12.0 Å². The molecular formula is C14H14ClN3O3. The molecular weight excluding hydrogens is 294 g/mol.